The first-order chi connectivity index (χ1) is 12.3. The zero-order valence-electron chi connectivity index (χ0n) is 14.7. The smallest absolute Gasteiger partial charge is 0.240 e. The van der Waals surface area contributed by atoms with Crippen LogP contribution in [0.25, 0.3) is 0 Å². The molecule has 1 aliphatic carbocycles. The molecule has 7 heteroatoms. The first-order valence-electron chi connectivity index (χ1n) is 8.44. The van der Waals surface area contributed by atoms with Crippen LogP contribution in [0.1, 0.15) is 34.9 Å². The lowest BCUT2D eigenvalue weighted by molar-refractivity contribution is -0.113. The topological polar surface area (TPSA) is 87.0 Å². The molecule has 1 unspecified atom stereocenters. The van der Waals surface area contributed by atoms with Gasteiger partial charge in [-0.3, -0.25) is 4.79 Å². The number of anilines is 1. The summed E-state index contributed by atoms with van der Waals surface area (Å²) >= 11 is 1.39. The fraction of sp³-hybridized carbons (Fsp3) is 0.368. The summed E-state index contributed by atoms with van der Waals surface area (Å²) in [5.41, 5.74) is 2.44. The Morgan fingerprint density at radius 3 is 2.69 bits per heavy atom. The predicted molar refractivity (Wildman–Crippen MR) is 102 cm³/mol. The highest BCUT2D eigenvalue weighted by molar-refractivity contribution is 7.92. The number of hydrogen-bond acceptors (Lipinski definition) is 5. The van der Waals surface area contributed by atoms with Gasteiger partial charge in [0.1, 0.15) is 16.8 Å². The molecule has 0 spiro atoms. The highest BCUT2D eigenvalue weighted by Gasteiger charge is 2.26. The number of amides is 1. The summed E-state index contributed by atoms with van der Waals surface area (Å²) in [5, 5.41) is 12.6. The van der Waals surface area contributed by atoms with Crippen LogP contribution in [0.3, 0.4) is 0 Å². The van der Waals surface area contributed by atoms with Crippen molar-refractivity contribution >= 4 is 32.1 Å². The SMILES string of the molecule is Cc1ccc(S(=O)(=O)CC(=O)Nc2sc3c(c2C#N)CCC(C)C3)cc1. The number of carbonyl (C=O) groups is 1. The van der Waals surface area contributed by atoms with Crippen molar-refractivity contribution in [1.29, 1.82) is 5.26 Å². The van der Waals surface area contributed by atoms with E-state index in [0.29, 0.717) is 16.5 Å². The number of nitrogens with zero attached hydrogens (tertiary/aromatic N) is 1. The maximum atomic E-state index is 12.4. The van der Waals surface area contributed by atoms with Gasteiger partial charge < -0.3 is 5.32 Å². The van der Waals surface area contributed by atoms with E-state index in [-0.39, 0.29) is 4.90 Å². The third-order valence-electron chi connectivity index (χ3n) is 4.58. The molecule has 136 valence electrons. The van der Waals surface area contributed by atoms with Crippen molar-refractivity contribution in [2.45, 2.75) is 38.0 Å². The Hall–Kier alpha value is -2.17. The van der Waals surface area contributed by atoms with Crippen LogP contribution in [0.15, 0.2) is 29.2 Å². The molecule has 2 aromatic rings. The second kappa shape index (κ2) is 7.22. The fourth-order valence-electron chi connectivity index (χ4n) is 3.12. The average Bonchev–Trinajstić information content (AvgIpc) is 2.90. The van der Waals surface area contributed by atoms with Crippen LogP contribution in [0, 0.1) is 24.2 Å². The van der Waals surface area contributed by atoms with Crippen LogP contribution in [0.4, 0.5) is 5.00 Å². The number of carbonyl (C=O) groups excluding carboxylic acids is 1. The van der Waals surface area contributed by atoms with Gasteiger partial charge in [-0.1, -0.05) is 24.6 Å². The normalized spacial score (nSPS) is 16.6. The number of nitriles is 1. The Balaban J connectivity index is 1.78. The lowest BCUT2D eigenvalue weighted by atomic mass is 9.89. The van der Waals surface area contributed by atoms with Gasteiger partial charge in [-0.15, -0.1) is 11.3 Å². The maximum Gasteiger partial charge on any atom is 0.240 e. The van der Waals surface area contributed by atoms with E-state index in [2.05, 4.69) is 18.3 Å². The third kappa shape index (κ3) is 3.81. The molecular formula is C19H20N2O3S2. The Kier molecular flexibility index (Phi) is 5.17. The van der Waals surface area contributed by atoms with Crippen molar-refractivity contribution in [3.63, 3.8) is 0 Å². The number of nitrogens with one attached hydrogen (secondary N) is 1. The zero-order chi connectivity index (χ0) is 18.9. The zero-order valence-corrected chi connectivity index (χ0v) is 16.3. The highest BCUT2D eigenvalue weighted by atomic mass is 32.2. The molecule has 0 saturated heterocycles. The molecule has 0 saturated carbocycles. The van der Waals surface area contributed by atoms with Crippen molar-refractivity contribution in [2.24, 2.45) is 5.92 Å². The van der Waals surface area contributed by atoms with Crippen LogP contribution in [0.5, 0.6) is 0 Å². The molecule has 5 nitrogen and oxygen atoms in total. The number of thiophene rings is 1. The van der Waals surface area contributed by atoms with Gasteiger partial charge in [0.25, 0.3) is 0 Å². The summed E-state index contributed by atoms with van der Waals surface area (Å²) in [6.07, 6.45) is 2.74. The Morgan fingerprint density at radius 2 is 2.04 bits per heavy atom. The van der Waals surface area contributed by atoms with E-state index >= 15 is 0 Å². The summed E-state index contributed by atoms with van der Waals surface area (Å²) in [5.74, 6) is -0.702. The minimum absolute atomic E-state index is 0.123. The van der Waals surface area contributed by atoms with Gasteiger partial charge >= 0.3 is 0 Å². The van der Waals surface area contributed by atoms with E-state index in [1.807, 2.05) is 6.92 Å². The maximum absolute atomic E-state index is 12.4. The molecule has 26 heavy (non-hydrogen) atoms. The standard InChI is InChI=1S/C19H20N2O3S2/c1-12-3-6-14(7-4-12)26(23,24)11-18(22)21-19-16(10-20)15-8-5-13(2)9-17(15)25-19/h3-4,6-7,13H,5,8-9,11H2,1-2H3,(H,21,22). The van der Waals surface area contributed by atoms with Crippen LogP contribution < -0.4 is 5.32 Å². The van der Waals surface area contributed by atoms with Gasteiger partial charge in [0, 0.05) is 4.88 Å². The lowest BCUT2D eigenvalue weighted by Gasteiger charge is -2.17. The first kappa shape index (κ1) is 18.6. The summed E-state index contributed by atoms with van der Waals surface area (Å²) in [6, 6.07) is 8.58. The molecule has 1 N–H and O–H groups in total. The summed E-state index contributed by atoms with van der Waals surface area (Å²) in [4.78, 5) is 13.6. The van der Waals surface area contributed by atoms with E-state index in [9.17, 15) is 18.5 Å². The minimum Gasteiger partial charge on any atom is -0.316 e. The summed E-state index contributed by atoms with van der Waals surface area (Å²) < 4.78 is 24.8. The molecule has 1 aromatic heterocycles. The molecular weight excluding hydrogens is 368 g/mol. The molecule has 1 aromatic carbocycles. The van der Waals surface area contributed by atoms with Crippen molar-refractivity contribution < 1.29 is 13.2 Å². The number of sulfone groups is 1. The van der Waals surface area contributed by atoms with Gasteiger partial charge in [-0.2, -0.15) is 5.26 Å². The fourth-order valence-corrected chi connectivity index (χ4v) is 5.63. The summed E-state index contributed by atoms with van der Waals surface area (Å²) in [6.45, 7) is 4.03. The van der Waals surface area contributed by atoms with Crippen molar-refractivity contribution in [3.05, 3.63) is 45.8 Å². The Morgan fingerprint density at radius 1 is 1.35 bits per heavy atom. The highest BCUT2D eigenvalue weighted by Crippen LogP contribution is 2.39. The number of hydrogen-bond donors (Lipinski definition) is 1. The van der Waals surface area contributed by atoms with E-state index in [1.54, 1.807) is 12.1 Å². The predicted octanol–water partition coefficient (Wildman–Crippen LogP) is 3.47. The van der Waals surface area contributed by atoms with E-state index in [4.69, 9.17) is 0 Å². The number of aryl methyl sites for hydroxylation is 1. The van der Waals surface area contributed by atoms with Gasteiger partial charge in [0.15, 0.2) is 9.84 Å². The van der Waals surface area contributed by atoms with Gasteiger partial charge in [0.2, 0.25) is 5.91 Å². The van der Waals surface area contributed by atoms with E-state index in [1.165, 1.54) is 23.5 Å². The summed E-state index contributed by atoms with van der Waals surface area (Å²) in [7, 11) is -3.72. The second-order valence-electron chi connectivity index (χ2n) is 6.79. The third-order valence-corrected chi connectivity index (χ3v) is 7.38. The molecule has 1 aliphatic rings. The molecule has 1 atom stereocenters. The van der Waals surface area contributed by atoms with Crippen LogP contribution in [-0.2, 0) is 27.5 Å². The minimum atomic E-state index is -3.72. The monoisotopic (exact) mass is 388 g/mol. The van der Waals surface area contributed by atoms with Crippen molar-refractivity contribution in [1.82, 2.24) is 0 Å². The van der Waals surface area contributed by atoms with Gasteiger partial charge in [0.05, 0.1) is 10.5 Å². The van der Waals surface area contributed by atoms with Crippen LogP contribution >= 0.6 is 11.3 Å². The van der Waals surface area contributed by atoms with Crippen molar-refractivity contribution in [2.75, 3.05) is 11.1 Å². The largest absolute Gasteiger partial charge is 0.316 e. The molecule has 1 heterocycles. The lowest BCUT2D eigenvalue weighted by Crippen LogP contribution is -2.23. The van der Waals surface area contributed by atoms with Gasteiger partial charge in [-0.05, 0) is 49.8 Å². The quantitative estimate of drug-likeness (QED) is 0.869. The van der Waals surface area contributed by atoms with Crippen molar-refractivity contribution in [3.8, 4) is 6.07 Å². The molecule has 0 radical (unpaired) electrons. The number of rotatable bonds is 4. The molecule has 0 aliphatic heterocycles. The van der Waals surface area contributed by atoms with E-state index in [0.717, 1.165) is 35.3 Å². The van der Waals surface area contributed by atoms with Crippen LogP contribution in [0.2, 0.25) is 0 Å². The van der Waals surface area contributed by atoms with E-state index < -0.39 is 21.5 Å². The molecule has 0 fully saturated rings. The second-order valence-corrected chi connectivity index (χ2v) is 9.88. The molecule has 1 amide bonds. The van der Waals surface area contributed by atoms with Gasteiger partial charge in [-0.25, -0.2) is 8.42 Å². The Labute approximate surface area is 157 Å². The average molecular weight is 389 g/mol. The number of fused-ring (bicyclic) bond motifs is 1. The Bertz CT molecular complexity index is 983. The molecule has 0 bridgehead atoms. The first-order valence-corrected chi connectivity index (χ1v) is 10.9. The molecule has 3 rings (SSSR count). The van der Waals surface area contributed by atoms with Crippen LogP contribution in [-0.4, -0.2) is 20.1 Å². The number of benzene rings is 1.